The lowest BCUT2D eigenvalue weighted by atomic mass is 9.48. The molecular formula is C25H37N2O2. The zero-order valence-corrected chi connectivity index (χ0v) is 18.3. The fourth-order valence-electron chi connectivity index (χ4n) is 6.58. The Balaban J connectivity index is 1.37. The van der Waals surface area contributed by atoms with Crippen molar-refractivity contribution in [2.45, 2.75) is 90.2 Å². The molecule has 5 rings (SSSR count). The topological polar surface area (TPSA) is 51.2 Å². The van der Waals surface area contributed by atoms with Gasteiger partial charge in [-0.3, -0.25) is 4.98 Å². The van der Waals surface area contributed by atoms with E-state index in [1.54, 1.807) is 0 Å². The number of aromatic nitrogens is 1. The van der Waals surface area contributed by atoms with E-state index in [1.165, 1.54) is 44.9 Å². The van der Waals surface area contributed by atoms with Gasteiger partial charge >= 0.3 is 6.09 Å². The molecule has 1 aromatic heterocycles. The van der Waals surface area contributed by atoms with E-state index in [0.717, 1.165) is 36.2 Å². The third-order valence-corrected chi connectivity index (χ3v) is 7.25. The Labute approximate surface area is 176 Å². The largest absolute Gasteiger partial charge is 0.444 e. The monoisotopic (exact) mass is 397 g/mol. The molecule has 1 N–H and O–H groups in total. The molecule has 1 atom stereocenters. The summed E-state index contributed by atoms with van der Waals surface area (Å²) >= 11 is 0. The summed E-state index contributed by atoms with van der Waals surface area (Å²) in [4.78, 5) is 16.5. The molecule has 0 spiro atoms. The number of nitrogens with zero attached hydrogens (tertiary/aromatic N) is 1. The molecule has 0 aromatic carbocycles. The van der Waals surface area contributed by atoms with Crippen molar-refractivity contribution in [3.05, 3.63) is 36.5 Å². The van der Waals surface area contributed by atoms with Crippen LogP contribution in [0.3, 0.4) is 0 Å². The van der Waals surface area contributed by atoms with Gasteiger partial charge in [-0.1, -0.05) is 0 Å². The Morgan fingerprint density at radius 2 is 1.76 bits per heavy atom. The van der Waals surface area contributed by atoms with Crippen molar-refractivity contribution in [3.8, 4) is 0 Å². The van der Waals surface area contributed by atoms with Crippen LogP contribution in [0.4, 0.5) is 4.79 Å². The second kappa shape index (κ2) is 8.28. The first kappa shape index (κ1) is 20.7. The summed E-state index contributed by atoms with van der Waals surface area (Å²) in [5, 5.41) is 3.17. The van der Waals surface area contributed by atoms with Crippen LogP contribution >= 0.6 is 0 Å². The summed E-state index contributed by atoms with van der Waals surface area (Å²) in [6.45, 7) is 5.75. The molecule has 4 aliphatic rings. The second-order valence-electron chi connectivity index (χ2n) is 11.0. The first-order valence-corrected chi connectivity index (χ1v) is 11.5. The predicted octanol–water partition coefficient (Wildman–Crippen LogP) is 5.91. The van der Waals surface area contributed by atoms with Crippen molar-refractivity contribution in [1.82, 2.24) is 10.3 Å². The van der Waals surface area contributed by atoms with Gasteiger partial charge in [0.15, 0.2) is 0 Å². The molecule has 4 aliphatic carbocycles. The van der Waals surface area contributed by atoms with Gasteiger partial charge in [-0.25, -0.2) is 4.79 Å². The lowest BCUT2D eigenvalue weighted by Gasteiger charge is -2.57. The number of amides is 1. The van der Waals surface area contributed by atoms with Gasteiger partial charge < -0.3 is 10.1 Å². The van der Waals surface area contributed by atoms with E-state index in [0.29, 0.717) is 5.41 Å². The van der Waals surface area contributed by atoms with Crippen LogP contribution < -0.4 is 5.32 Å². The Hall–Kier alpha value is -1.58. The van der Waals surface area contributed by atoms with Crippen LogP contribution in [0.25, 0.3) is 0 Å². The SMILES string of the molecule is CC(C)(C)OC(=O)NC(C[CH]c1ccncc1)CCC12CC3CC(CC(C3)C1)C2. The first-order chi connectivity index (χ1) is 13.8. The number of hydrogen-bond acceptors (Lipinski definition) is 3. The number of ether oxygens (including phenoxy) is 1. The highest BCUT2D eigenvalue weighted by molar-refractivity contribution is 5.68. The van der Waals surface area contributed by atoms with Gasteiger partial charge in [0.05, 0.1) is 0 Å². The Kier molecular flexibility index (Phi) is 5.90. The minimum Gasteiger partial charge on any atom is -0.444 e. The van der Waals surface area contributed by atoms with E-state index in [9.17, 15) is 4.79 Å². The molecule has 0 saturated heterocycles. The quantitative estimate of drug-likeness (QED) is 0.622. The predicted molar refractivity (Wildman–Crippen MR) is 115 cm³/mol. The molecule has 159 valence electrons. The second-order valence-corrected chi connectivity index (χ2v) is 11.0. The van der Waals surface area contributed by atoms with Gasteiger partial charge in [0.2, 0.25) is 0 Å². The molecule has 4 bridgehead atoms. The fourth-order valence-corrected chi connectivity index (χ4v) is 6.58. The average Bonchev–Trinajstić information content (AvgIpc) is 2.62. The number of alkyl carbamates (subject to hydrolysis) is 1. The maximum absolute atomic E-state index is 12.4. The third kappa shape index (κ3) is 5.52. The standard InChI is InChI=1S/C25H37N2O2/c1-24(2,3)29-23(28)27-22(5-4-18-7-10-26-11-8-18)6-9-25-15-19-12-20(16-25)14-21(13-19)17-25/h4,7-8,10-11,19-22H,5-6,9,12-17H2,1-3H3,(H,27,28). The van der Waals surface area contributed by atoms with Gasteiger partial charge in [-0.05, 0) is 126 Å². The minimum atomic E-state index is -0.469. The molecule has 4 nitrogen and oxygen atoms in total. The van der Waals surface area contributed by atoms with E-state index < -0.39 is 5.60 Å². The van der Waals surface area contributed by atoms with E-state index in [-0.39, 0.29) is 12.1 Å². The molecule has 4 fully saturated rings. The van der Waals surface area contributed by atoms with Crippen molar-refractivity contribution < 1.29 is 9.53 Å². The van der Waals surface area contributed by atoms with Gasteiger partial charge in [0.1, 0.15) is 5.60 Å². The molecule has 1 unspecified atom stereocenters. The van der Waals surface area contributed by atoms with Crippen LogP contribution in [-0.2, 0) is 4.74 Å². The lowest BCUT2D eigenvalue weighted by molar-refractivity contribution is -0.0593. The van der Waals surface area contributed by atoms with Crippen molar-refractivity contribution in [1.29, 1.82) is 0 Å². The number of carbonyl (C=O) groups is 1. The smallest absolute Gasteiger partial charge is 0.407 e. The summed E-state index contributed by atoms with van der Waals surface area (Å²) in [7, 11) is 0. The highest BCUT2D eigenvalue weighted by Crippen LogP contribution is 2.61. The molecule has 1 heterocycles. The van der Waals surface area contributed by atoms with Crippen molar-refractivity contribution in [2.75, 3.05) is 0 Å². The summed E-state index contributed by atoms with van der Waals surface area (Å²) in [5.41, 5.74) is 1.23. The van der Waals surface area contributed by atoms with E-state index in [4.69, 9.17) is 4.74 Å². The summed E-state index contributed by atoms with van der Waals surface area (Å²) in [6, 6.07) is 4.15. The Morgan fingerprint density at radius 3 is 2.31 bits per heavy atom. The summed E-state index contributed by atoms with van der Waals surface area (Å²) < 4.78 is 5.54. The molecule has 1 amide bonds. The van der Waals surface area contributed by atoms with E-state index in [1.807, 2.05) is 45.3 Å². The van der Waals surface area contributed by atoms with Gasteiger partial charge in [0, 0.05) is 18.4 Å². The number of carbonyl (C=O) groups excluding carboxylic acids is 1. The highest BCUT2D eigenvalue weighted by atomic mass is 16.6. The molecular weight excluding hydrogens is 360 g/mol. The number of rotatable bonds is 7. The maximum atomic E-state index is 12.4. The molecule has 4 heteroatoms. The Morgan fingerprint density at radius 1 is 1.17 bits per heavy atom. The van der Waals surface area contributed by atoms with E-state index in [2.05, 4.69) is 16.7 Å². The first-order valence-electron chi connectivity index (χ1n) is 11.5. The van der Waals surface area contributed by atoms with Crippen molar-refractivity contribution in [3.63, 3.8) is 0 Å². The van der Waals surface area contributed by atoms with Crippen molar-refractivity contribution in [2.24, 2.45) is 23.2 Å². The zero-order chi connectivity index (χ0) is 20.5. The fraction of sp³-hybridized carbons (Fsp3) is 0.720. The van der Waals surface area contributed by atoms with E-state index >= 15 is 0 Å². The molecule has 1 radical (unpaired) electrons. The number of nitrogens with one attached hydrogen (secondary N) is 1. The Bertz CT molecular complexity index is 659. The highest BCUT2D eigenvalue weighted by Gasteiger charge is 2.50. The van der Waals surface area contributed by atoms with Crippen LogP contribution in [0, 0.1) is 29.6 Å². The zero-order valence-electron chi connectivity index (χ0n) is 18.3. The van der Waals surface area contributed by atoms with Crippen LogP contribution in [0.1, 0.15) is 84.1 Å². The third-order valence-electron chi connectivity index (χ3n) is 7.25. The number of hydrogen-bond donors (Lipinski definition) is 1. The normalized spacial score (nSPS) is 31.5. The van der Waals surface area contributed by atoms with Crippen LogP contribution in [0.5, 0.6) is 0 Å². The van der Waals surface area contributed by atoms with Gasteiger partial charge in [0.25, 0.3) is 0 Å². The average molecular weight is 398 g/mol. The van der Waals surface area contributed by atoms with Crippen molar-refractivity contribution >= 4 is 6.09 Å². The molecule has 4 saturated carbocycles. The van der Waals surface area contributed by atoms with Gasteiger partial charge in [-0.15, -0.1) is 0 Å². The van der Waals surface area contributed by atoms with Crippen LogP contribution in [-0.4, -0.2) is 22.7 Å². The summed E-state index contributed by atoms with van der Waals surface area (Å²) in [5.74, 6) is 2.92. The maximum Gasteiger partial charge on any atom is 0.407 e. The molecule has 1 aromatic rings. The number of pyridine rings is 1. The lowest BCUT2D eigenvalue weighted by Crippen LogP contribution is -2.47. The minimum absolute atomic E-state index is 0.117. The molecule has 0 aliphatic heterocycles. The molecule has 29 heavy (non-hydrogen) atoms. The summed E-state index contributed by atoms with van der Waals surface area (Å²) in [6.07, 6.45) is 17.4. The van der Waals surface area contributed by atoms with Gasteiger partial charge in [-0.2, -0.15) is 0 Å². The van der Waals surface area contributed by atoms with Crippen LogP contribution in [0.2, 0.25) is 0 Å². The van der Waals surface area contributed by atoms with Crippen LogP contribution in [0.15, 0.2) is 24.5 Å².